The smallest absolute Gasteiger partial charge is 0.545 e. The fourth-order valence-corrected chi connectivity index (χ4v) is 5.84. The van der Waals surface area contributed by atoms with E-state index in [2.05, 4.69) is 11.9 Å². The summed E-state index contributed by atoms with van der Waals surface area (Å²) in [5, 5.41) is 35.1. The normalized spacial score (nSPS) is 35.3. The third-order valence-electron chi connectivity index (χ3n) is 8.63. The summed E-state index contributed by atoms with van der Waals surface area (Å²) in [5.41, 5.74) is 0.198. The Morgan fingerprint density at radius 1 is 1.16 bits per heavy atom. The van der Waals surface area contributed by atoms with Gasteiger partial charge in [0.1, 0.15) is 19.0 Å². The number of carbonyl (C=O) groups is 2. The number of carboxylic acids is 1. The number of nitrogens with one attached hydrogen (secondary N) is 1. The van der Waals surface area contributed by atoms with Crippen LogP contribution in [0.4, 0.5) is 0 Å². The van der Waals surface area contributed by atoms with Gasteiger partial charge in [-0.3, -0.25) is 4.79 Å². The molecule has 12 nitrogen and oxygen atoms in total. The van der Waals surface area contributed by atoms with Gasteiger partial charge in [0.15, 0.2) is 12.3 Å². The van der Waals surface area contributed by atoms with Gasteiger partial charge in [-0.05, 0) is 19.4 Å². The average Bonchev–Trinajstić information content (AvgIpc) is 2.95. The molecule has 44 heavy (non-hydrogen) atoms. The summed E-state index contributed by atoms with van der Waals surface area (Å²) in [6.45, 7) is 11.6. The van der Waals surface area contributed by atoms with Gasteiger partial charge < -0.3 is 53.9 Å². The number of rotatable bonds is 12. The van der Waals surface area contributed by atoms with E-state index in [9.17, 15) is 24.9 Å². The van der Waals surface area contributed by atoms with Gasteiger partial charge in [0.05, 0.1) is 30.4 Å². The van der Waals surface area contributed by atoms with Gasteiger partial charge in [0, 0.05) is 38.4 Å². The van der Waals surface area contributed by atoms with Crippen LogP contribution in [0.5, 0.6) is 0 Å². The summed E-state index contributed by atoms with van der Waals surface area (Å²) in [6.07, 6.45) is 3.47. The number of aliphatic hydroxyl groups excluding tert-OH is 2. The predicted molar refractivity (Wildman–Crippen MR) is 153 cm³/mol. The molecule has 0 aromatic rings. The summed E-state index contributed by atoms with van der Waals surface area (Å²) in [5.74, 6) is -3.63. The molecule has 242 valence electrons. The maximum absolute atomic E-state index is 13.4. The molecule has 0 unspecified atom stereocenters. The molecule has 0 aromatic heterocycles. The Hall–Kier alpha value is -1.42. The molecular formula is C31H46NNaO11. The first kappa shape index (κ1) is 38.8. The maximum atomic E-state index is 13.4. The largest absolute Gasteiger partial charge is 1.00 e. The monoisotopic (exact) mass is 631 g/mol. The molecule has 3 rings (SSSR count). The topological polar surface area (TPSA) is 165 Å². The van der Waals surface area contributed by atoms with E-state index in [4.69, 9.17) is 28.4 Å². The first-order valence-electron chi connectivity index (χ1n) is 14.5. The molecule has 0 saturated carbocycles. The second-order valence-corrected chi connectivity index (χ2v) is 11.9. The summed E-state index contributed by atoms with van der Waals surface area (Å²) in [6, 6.07) is 0. The molecule has 3 heterocycles. The van der Waals surface area contributed by atoms with Crippen LogP contribution in [0, 0.1) is 11.3 Å². The second kappa shape index (κ2) is 16.9. The van der Waals surface area contributed by atoms with Gasteiger partial charge in [-0.15, -0.1) is 0 Å². The Balaban J connectivity index is 0.00000675. The molecule has 3 aliphatic rings. The van der Waals surface area contributed by atoms with Crippen LogP contribution in [-0.4, -0.2) is 97.8 Å². The number of hydrogen-bond donors (Lipinski definition) is 3. The quantitative estimate of drug-likeness (QED) is 0.0934. The Labute approximate surface area is 281 Å². The zero-order valence-electron chi connectivity index (χ0n) is 26.8. The first-order valence-corrected chi connectivity index (χ1v) is 14.5. The van der Waals surface area contributed by atoms with Crippen LogP contribution in [0.15, 0.2) is 48.6 Å². The van der Waals surface area contributed by atoms with Crippen LogP contribution < -0.4 is 40.0 Å². The van der Waals surface area contributed by atoms with Gasteiger partial charge in [-0.2, -0.15) is 0 Å². The van der Waals surface area contributed by atoms with Gasteiger partial charge in [0.25, 0.3) is 5.91 Å². The van der Waals surface area contributed by atoms with Gasteiger partial charge in [0.2, 0.25) is 5.79 Å². The van der Waals surface area contributed by atoms with E-state index in [1.165, 1.54) is 13.2 Å². The Morgan fingerprint density at radius 3 is 2.48 bits per heavy atom. The molecule has 13 heteroatoms. The van der Waals surface area contributed by atoms with E-state index in [1.807, 2.05) is 27.7 Å². The third kappa shape index (κ3) is 9.10. The van der Waals surface area contributed by atoms with Crippen molar-refractivity contribution in [2.45, 2.75) is 102 Å². The number of hydrogen-bond acceptors (Lipinski definition) is 11. The van der Waals surface area contributed by atoms with Gasteiger partial charge in [-0.25, -0.2) is 0 Å². The molecule has 1 amide bonds. The third-order valence-corrected chi connectivity index (χ3v) is 8.63. The van der Waals surface area contributed by atoms with Crippen LogP contribution in [0.25, 0.3) is 0 Å². The maximum Gasteiger partial charge on any atom is 1.00 e. The molecule has 0 radical (unpaired) electrons. The van der Waals surface area contributed by atoms with Crippen LogP contribution >= 0.6 is 0 Å². The number of aliphatic hydroxyl groups is 2. The number of ether oxygens (including phenoxy) is 6. The molecular weight excluding hydrogens is 585 g/mol. The Bertz CT molecular complexity index is 1080. The number of carbonyl (C=O) groups excluding carboxylic acids is 2. The van der Waals surface area contributed by atoms with Crippen LogP contribution in [0.1, 0.15) is 47.0 Å². The van der Waals surface area contributed by atoms with Crippen molar-refractivity contribution in [2.24, 2.45) is 11.3 Å². The molecule has 0 spiro atoms. The van der Waals surface area contributed by atoms with Crippen molar-refractivity contribution in [1.82, 2.24) is 5.32 Å². The molecule has 0 aliphatic carbocycles. The molecule has 0 bridgehead atoms. The zero-order chi connectivity index (χ0) is 31.9. The van der Waals surface area contributed by atoms with E-state index in [0.29, 0.717) is 6.42 Å². The van der Waals surface area contributed by atoms with E-state index < -0.39 is 65.9 Å². The van der Waals surface area contributed by atoms with Crippen molar-refractivity contribution < 1.29 is 82.9 Å². The van der Waals surface area contributed by atoms with Crippen molar-refractivity contribution in [1.29, 1.82) is 0 Å². The number of carboxylic acid groups (broad SMARTS) is 1. The zero-order valence-corrected chi connectivity index (χ0v) is 28.8. The van der Waals surface area contributed by atoms with E-state index in [1.54, 1.807) is 31.4 Å². The van der Waals surface area contributed by atoms with Crippen molar-refractivity contribution in [2.75, 3.05) is 21.0 Å². The fourth-order valence-electron chi connectivity index (χ4n) is 5.84. The SMILES string of the molecule is C=C1C[C@](OC)([C@H](O)C(=O)N[C@@H]2OCO[C@H]3[C@@H]2O[C@H](C[C@H](O)/C=C/C/C=C/C=C/C(=O)[O-])C(C)(C)[C@@H]3OC)O[C@H](C)[C@@H]1C.[Na+]. The van der Waals surface area contributed by atoms with E-state index >= 15 is 0 Å². The van der Waals surface area contributed by atoms with Crippen LogP contribution in [0.2, 0.25) is 0 Å². The first-order chi connectivity index (χ1) is 20.3. The molecule has 10 atom stereocenters. The predicted octanol–water partition coefficient (Wildman–Crippen LogP) is -2.12. The fraction of sp³-hybridized carbons (Fsp3) is 0.677. The molecule has 0 aromatic carbocycles. The standard InChI is InChI=1S/C31H47NO11.Na/c1-18-16-31(39-7,43-20(3)19(18)2)26(36)28(37)32-29-25-24(40-17-41-29)27(38-6)30(4,5)22(42-25)15-21(33)13-11-9-8-10-12-14-23(34)35;/h8,10-14,19-22,24-27,29,33,36H,1,9,15-17H2,2-7H3,(H,32,37)(H,34,35);/q;+1/p-1/b10-8+,13-11+,14-12+;/t19-,20-,21-,22-,24+,25+,26-,27-,29-,31-;/m1./s1. The Kier molecular flexibility index (Phi) is 14.9. The van der Waals surface area contributed by atoms with Crippen LogP contribution in [-0.2, 0) is 38.0 Å². The minimum Gasteiger partial charge on any atom is -0.545 e. The van der Waals surface area contributed by atoms with Crippen molar-refractivity contribution in [3.05, 3.63) is 48.6 Å². The number of allylic oxidation sites excluding steroid dienone is 4. The minimum atomic E-state index is -1.69. The molecule has 3 fully saturated rings. The molecule has 3 saturated heterocycles. The number of aliphatic carboxylic acids is 1. The van der Waals surface area contributed by atoms with Crippen molar-refractivity contribution in [3.8, 4) is 0 Å². The van der Waals surface area contributed by atoms with Gasteiger partial charge >= 0.3 is 29.6 Å². The summed E-state index contributed by atoms with van der Waals surface area (Å²) >= 11 is 0. The number of amides is 1. The van der Waals surface area contributed by atoms with E-state index in [0.717, 1.165) is 11.6 Å². The summed E-state index contributed by atoms with van der Waals surface area (Å²) in [4.78, 5) is 23.8. The number of methoxy groups -OCH3 is 2. The average molecular weight is 632 g/mol. The Morgan fingerprint density at radius 2 is 1.86 bits per heavy atom. The summed E-state index contributed by atoms with van der Waals surface area (Å²) in [7, 11) is 2.94. The number of fused-ring (bicyclic) bond motifs is 1. The van der Waals surface area contributed by atoms with Gasteiger partial charge in [-0.1, -0.05) is 63.3 Å². The minimum absolute atomic E-state index is 0. The van der Waals surface area contributed by atoms with E-state index in [-0.39, 0.29) is 61.2 Å². The molecule has 3 aliphatic heterocycles. The second-order valence-electron chi connectivity index (χ2n) is 11.9. The van der Waals surface area contributed by atoms with Crippen LogP contribution in [0.3, 0.4) is 0 Å². The molecule has 3 N–H and O–H groups in total. The van der Waals surface area contributed by atoms with Crippen molar-refractivity contribution in [3.63, 3.8) is 0 Å². The van der Waals surface area contributed by atoms with Crippen molar-refractivity contribution >= 4 is 11.9 Å². The summed E-state index contributed by atoms with van der Waals surface area (Å²) < 4.78 is 35.5.